The Balaban J connectivity index is 1.57. The van der Waals surface area contributed by atoms with Gasteiger partial charge in [0.2, 0.25) is 5.91 Å². The van der Waals surface area contributed by atoms with Crippen LogP contribution in [0.15, 0.2) is 48.5 Å². The number of rotatable bonds is 7. The molecule has 1 fully saturated rings. The Kier molecular flexibility index (Phi) is 7.37. The lowest BCUT2D eigenvalue weighted by Gasteiger charge is -2.32. The Hall–Kier alpha value is -3.95. The van der Waals surface area contributed by atoms with Gasteiger partial charge in [0.15, 0.2) is 0 Å². The highest BCUT2D eigenvalue weighted by Crippen LogP contribution is 2.31. The van der Waals surface area contributed by atoms with Crippen LogP contribution in [0, 0.1) is 16.0 Å². The van der Waals surface area contributed by atoms with Gasteiger partial charge in [-0.3, -0.25) is 24.5 Å². The van der Waals surface area contributed by atoms with E-state index in [9.17, 15) is 24.5 Å². The summed E-state index contributed by atoms with van der Waals surface area (Å²) in [6, 6.07) is 13.0. The van der Waals surface area contributed by atoms with E-state index in [0.717, 1.165) is 0 Å². The van der Waals surface area contributed by atoms with Gasteiger partial charge in [0.1, 0.15) is 12.2 Å². The average Bonchev–Trinajstić information content (AvgIpc) is 2.82. The van der Waals surface area contributed by atoms with Crippen molar-refractivity contribution in [2.24, 2.45) is 5.92 Å². The second-order valence-corrected chi connectivity index (χ2v) is 7.34. The van der Waals surface area contributed by atoms with Crippen molar-refractivity contribution in [3.8, 4) is 0 Å². The molecule has 0 saturated carbocycles. The SMILES string of the molecule is COC(=O)CNC(=O)c1cccc(NC(=O)C2CCN(c3ccccc3[N+](=O)[O-])CC2)c1. The van der Waals surface area contributed by atoms with Crippen molar-refractivity contribution in [1.82, 2.24) is 5.32 Å². The van der Waals surface area contributed by atoms with Crippen molar-refractivity contribution in [1.29, 1.82) is 0 Å². The van der Waals surface area contributed by atoms with Gasteiger partial charge in [-0.05, 0) is 37.1 Å². The van der Waals surface area contributed by atoms with Gasteiger partial charge in [-0.2, -0.15) is 0 Å². The van der Waals surface area contributed by atoms with Crippen molar-refractivity contribution in [3.63, 3.8) is 0 Å². The van der Waals surface area contributed by atoms with E-state index in [2.05, 4.69) is 15.4 Å². The number of piperidine rings is 1. The molecule has 0 unspecified atom stereocenters. The molecule has 0 aromatic heterocycles. The molecule has 2 amide bonds. The third-order valence-electron chi connectivity index (χ3n) is 5.30. The predicted molar refractivity (Wildman–Crippen MR) is 117 cm³/mol. The number of carbonyl (C=O) groups is 3. The Labute approximate surface area is 184 Å². The van der Waals surface area contributed by atoms with Crippen LogP contribution in [-0.4, -0.2) is 49.5 Å². The summed E-state index contributed by atoms with van der Waals surface area (Å²) >= 11 is 0. The third-order valence-corrected chi connectivity index (χ3v) is 5.30. The molecule has 2 aromatic carbocycles. The summed E-state index contributed by atoms with van der Waals surface area (Å²) in [5.74, 6) is -1.43. The maximum Gasteiger partial charge on any atom is 0.325 e. The molecule has 3 rings (SSSR count). The molecule has 2 N–H and O–H groups in total. The monoisotopic (exact) mass is 440 g/mol. The molecule has 0 aliphatic carbocycles. The van der Waals surface area contributed by atoms with Gasteiger partial charge in [-0.25, -0.2) is 0 Å². The minimum atomic E-state index is -0.560. The van der Waals surface area contributed by atoms with Crippen LogP contribution >= 0.6 is 0 Å². The number of benzene rings is 2. The molecule has 0 spiro atoms. The highest BCUT2D eigenvalue weighted by atomic mass is 16.6. The summed E-state index contributed by atoms with van der Waals surface area (Å²) in [4.78, 5) is 48.9. The topological polar surface area (TPSA) is 131 Å². The van der Waals surface area contributed by atoms with Gasteiger partial charge >= 0.3 is 5.97 Å². The normalized spacial score (nSPS) is 13.8. The van der Waals surface area contributed by atoms with E-state index >= 15 is 0 Å². The molecule has 1 aliphatic rings. The van der Waals surface area contributed by atoms with Crippen LogP contribution in [0.3, 0.4) is 0 Å². The van der Waals surface area contributed by atoms with Gasteiger partial charge in [0, 0.05) is 36.3 Å². The Morgan fingerprint density at radius 3 is 2.53 bits per heavy atom. The summed E-state index contributed by atoms with van der Waals surface area (Å²) in [5, 5.41) is 16.5. The summed E-state index contributed by atoms with van der Waals surface area (Å²) in [6.07, 6.45) is 1.11. The lowest BCUT2D eigenvalue weighted by Crippen LogP contribution is -2.38. The van der Waals surface area contributed by atoms with Crippen LogP contribution in [0.4, 0.5) is 17.1 Å². The summed E-state index contributed by atoms with van der Waals surface area (Å²) in [6.45, 7) is 0.807. The highest BCUT2D eigenvalue weighted by molar-refractivity contribution is 5.98. The van der Waals surface area contributed by atoms with E-state index in [1.54, 1.807) is 36.4 Å². The van der Waals surface area contributed by atoms with E-state index in [1.165, 1.54) is 19.2 Å². The van der Waals surface area contributed by atoms with E-state index in [1.807, 2.05) is 4.90 Å². The number of para-hydroxylation sites is 2. The fourth-order valence-corrected chi connectivity index (χ4v) is 3.58. The molecule has 32 heavy (non-hydrogen) atoms. The van der Waals surface area contributed by atoms with Crippen LogP contribution in [0.5, 0.6) is 0 Å². The second-order valence-electron chi connectivity index (χ2n) is 7.34. The number of hydrogen-bond donors (Lipinski definition) is 2. The first-order chi connectivity index (χ1) is 15.4. The Morgan fingerprint density at radius 2 is 1.84 bits per heavy atom. The van der Waals surface area contributed by atoms with Gasteiger partial charge in [-0.1, -0.05) is 18.2 Å². The van der Waals surface area contributed by atoms with Gasteiger partial charge in [0.25, 0.3) is 11.6 Å². The minimum Gasteiger partial charge on any atom is -0.468 e. The molecule has 0 bridgehead atoms. The molecule has 2 aromatic rings. The molecule has 1 heterocycles. The Morgan fingerprint density at radius 1 is 1.12 bits per heavy atom. The number of nitrogens with one attached hydrogen (secondary N) is 2. The summed E-state index contributed by atoms with van der Waals surface area (Å²) < 4.78 is 4.49. The first-order valence-electron chi connectivity index (χ1n) is 10.1. The van der Waals surface area contributed by atoms with Crippen molar-refractivity contribution >= 4 is 34.8 Å². The quantitative estimate of drug-likeness (QED) is 0.384. The number of methoxy groups -OCH3 is 1. The van der Waals surface area contributed by atoms with Crippen molar-refractivity contribution in [2.45, 2.75) is 12.8 Å². The van der Waals surface area contributed by atoms with Crippen LogP contribution in [0.1, 0.15) is 23.2 Å². The zero-order valence-corrected chi connectivity index (χ0v) is 17.6. The largest absolute Gasteiger partial charge is 0.468 e. The predicted octanol–water partition coefficient (Wildman–Crippen LogP) is 2.35. The molecule has 0 atom stereocenters. The van der Waals surface area contributed by atoms with E-state index in [4.69, 9.17) is 0 Å². The lowest BCUT2D eigenvalue weighted by molar-refractivity contribution is -0.384. The standard InChI is InChI=1S/C22H24N4O6/c1-32-20(27)14-23-21(28)16-5-4-6-17(13-16)24-22(29)15-9-11-25(12-10-15)18-7-2-3-8-19(18)26(30)31/h2-8,13,15H,9-12,14H2,1H3,(H,23,28)(H,24,29). The molecule has 1 saturated heterocycles. The number of esters is 1. The number of nitrogens with zero attached hydrogens (tertiary/aromatic N) is 2. The second kappa shape index (κ2) is 10.4. The van der Waals surface area contributed by atoms with Crippen LogP contribution in [-0.2, 0) is 14.3 Å². The highest BCUT2D eigenvalue weighted by Gasteiger charge is 2.28. The molecule has 10 heteroatoms. The summed E-state index contributed by atoms with van der Waals surface area (Å²) in [7, 11) is 1.23. The number of anilines is 2. The number of amides is 2. The number of carbonyl (C=O) groups excluding carboxylic acids is 3. The zero-order valence-electron chi connectivity index (χ0n) is 17.6. The number of nitro benzene ring substituents is 1. The minimum absolute atomic E-state index is 0.0534. The molecule has 1 aliphatic heterocycles. The van der Waals surface area contributed by atoms with Crippen LogP contribution < -0.4 is 15.5 Å². The van der Waals surface area contributed by atoms with Crippen LogP contribution in [0.2, 0.25) is 0 Å². The maximum atomic E-state index is 12.7. The first-order valence-corrected chi connectivity index (χ1v) is 10.1. The van der Waals surface area contributed by atoms with Gasteiger partial charge < -0.3 is 20.3 Å². The van der Waals surface area contributed by atoms with Gasteiger partial charge in [-0.15, -0.1) is 0 Å². The van der Waals surface area contributed by atoms with Crippen molar-refractivity contribution in [3.05, 3.63) is 64.2 Å². The molecule has 10 nitrogen and oxygen atoms in total. The number of hydrogen-bond acceptors (Lipinski definition) is 7. The summed E-state index contributed by atoms with van der Waals surface area (Å²) in [5.41, 5.74) is 1.39. The van der Waals surface area contributed by atoms with Crippen LogP contribution in [0.25, 0.3) is 0 Å². The van der Waals surface area contributed by atoms with Crippen molar-refractivity contribution < 1.29 is 24.0 Å². The van der Waals surface area contributed by atoms with E-state index < -0.39 is 16.8 Å². The molecular weight excluding hydrogens is 416 g/mol. The molecule has 0 radical (unpaired) electrons. The van der Waals surface area contributed by atoms with Gasteiger partial charge in [0.05, 0.1) is 12.0 Å². The Bertz CT molecular complexity index is 1020. The zero-order chi connectivity index (χ0) is 23.1. The van der Waals surface area contributed by atoms with Crippen molar-refractivity contribution in [2.75, 3.05) is 37.0 Å². The number of nitro groups is 1. The average molecular weight is 440 g/mol. The lowest BCUT2D eigenvalue weighted by atomic mass is 9.95. The maximum absolute atomic E-state index is 12.7. The smallest absolute Gasteiger partial charge is 0.325 e. The van der Waals surface area contributed by atoms with E-state index in [-0.39, 0.29) is 24.1 Å². The fourth-order valence-electron chi connectivity index (χ4n) is 3.58. The fraction of sp³-hybridized carbons (Fsp3) is 0.318. The number of ether oxygens (including phenoxy) is 1. The molecular formula is C22H24N4O6. The first kappa shape index (κ1) is 22.7. The third kappa shape index (κ3) is 5.60. The van der Waals surface area contributed by atoms with E-state index in [0.29, 0.717) is 42.9 Å². The molecule has 168 valence electrons.